The summed E-state index contributed by atoms with van der Waals surface area (Å²) >= 11 is 13.6. The number of rotatable bonds is 2. The lowest BCUT2D eigenvalue weighted by molar-refractivity contribution is -0.135. The van der Waals surface area contributed by atoms with Gasteiger partial charge in [0, 0.05) is 18.4 Å². The lowest BCUT2D eigenvalue weighted by atomic mass is 10.2. The highest BCUT2D eigenvalue weighted by Crippen LogP contribution is 2.47. The molecule has 1 N–H and O–H groups in total. The van der Waals surface area contributed by atoms with Crippen LogP contribution >= 0.6 is 35.0 Å². The topological polar surface area (TPSA) is 62.3 Å². The van der Waals surface area contributed by atoms with Crippen molar-refractivity contribution in [1.29, 1.82) is 0 Å². The average molecular weight is 346 g/mol. The number of hydrogen-bond acceptors (Lipinski definition) is 4. The standard InChI is InChI=1S/C13H13Cl2N3O2S/c1-13-3-2-10(19)18(13)9(6-21-13)12(20)17-8-5-16-4-7(14)11(8)15/h4-5,9H,2-3,6H2,1H3,(H,17,20)/t9-,13+/m1/s1. The molecule has 0 radical (unpaired) electrons. The fourth-order valence-electron chi connectivity index (χ4n) is 2.74. The van der Waals surface area contributed by atoms with Crippen LogP contribution in [0.1, 0.15) is 19.8 Å². The Morgan fingerprint density at radius 2 is 2.29 bits per heavy atom. The maximum atomic E-state index is 12.5. The van der Waals surface area contributed by atoms with Crippen LogP contribution in [0.4, 0.5) is 5.69 Å². The average Bonchev–Trinajstić information content (AvgIpc) is 2.92. The van der Waals surface area contributed by atoms with E-state index < -0.39 is 6.04 Å². The maximum Gasteiger partial charge on any atom is 0.248 e. The van der Waals surface area contributed by atoms with Crippen LogP contribution in [0.15, 0.2) is 12.4 Å². The number of amides is 2. The van der Waals surface area contributed by atoms with Crippen molar-refractivity contribution in [3.05, 3.63) is 22.4 Å². The summed E-state index contributed by atoms with van der Waals surface area (Å²) in [4.78, 5) is 29.8. The Hall–Kier alpha value is -0.980. The molecule has 2 aliphatic rings. The van der Waals surface area contributed by atoms with Gasteiger partial charge in [-0.1, -0.05) is 23.2 Å². The summed E-state index contributed by atoms with van der Waals surface area (Å²) in [6.45, 7) is 2.00. The largest absolute Gasteiger partial charge is 0.322 e. The van der Waals surface area contributed by atoms with Gasteiger partial charge < -0.3 is 10.2 Å². The number of aromatic nitrogens is 1. The molecular formula is C13H13Cl2N3O2S. The minimum Gasteiger partial charge on any atom is -0.322 e. The first-order valence-electron chi connectivity index (χ1n) is 6.48. The van der Waals surface area contributed by atoms with Gasteiger partial charge in [0.15, 0.2) is 0 Å². The SMILES string of the molecule is C[C@]12CCC(=O)N1[C@@H](C(=O)Nc1cncc(Cl)c1Cl)CS2. The molecule has 3 rings (SSSR count). The number of hydrogen-bond donors (Lipinski definition) is 1. The molecule has 2 atom stereocenters. The molecule has 21 heavy (non-hydrogen) atoms. The molecule has 112 valence electrons. The van der Waals surface area contributed by atoms with Crippen LogP contribution in [0.25, 0.3) is 0 Å². The van der Waals surface area contributed by atoms with E-state index in [0.29, 0.717) is 17.9 Å². The Bertz CT molecular complexity index is 627. The molecule has 2 saturated heterocycles. The van der Waals surface area contributed by atoms with E-state index in [1.165, 1.54) is 12.4 Å². The molecule has 0 saturated carbocycles. The lowest BCUT2D eigenvalue weighted by Crippen LogP contribution is -2.48. The molecule has 0 bridgehead atoms. The van der Waals surface area contributed by atoms with Crippen LogP contribution in [0, 0.1) is 0 Å². The van der Waals surface area contributed by atoms with Crippen LogP contribution in [0.5, 0.6) is 0 Å². The fourth-order valence-corrected chi connectivity index (χ4v) is 4.47. The van der Waals surface area contributed by atoms with E-state index in [2.05, 4.69) is 10.3 Å². The second-order valence-corrected chi connectivity index (χ2v) is 7.52. The normalized spacial score (nSPS) is 27.9. The predicted molar refractivity (Wildman–Crippen MR) is 83.6 cm³/mol. The summed E-state index contributed by atoms with van der Waals surface area (Å²) in [6, 6.07) is -0.481. The summed E-state index contributed by atoms with van der Waals surface area (Å²) in [5, 5.41) is 3.24. The first kappa shape index (κ1) is 14.9. The van der Waals surface area contributed by atoms with Gasteiger partial charge >= 0.3 is 0 Å². The molecular weight excluding hydrogens is 333 g/mol. The van der Waals surface area contributed by atoms with E-state index in [1.807, 2.05) is 6.92 Å². The smallest absolute Gasteiger partial charge is 0.248 e. The minimum atomic E-state index is -0.481. The van der Waals surface area contributed by atoms with Gasteiger partial charge in [-0.25, -0.2) is 0 Å². The Balaban J connectivity index is 1.80. The van der Waals surface area contributed by atoms with Gasteiger partial charge in [-0.2, -0.15) is 0 Å². The Labute approximate surface area is 136 Å². The van der Waals surface area contributed by atoms with Crippen molar-refractivity contribution >= 4 is 52.5 Å². The number of halogens is 2. The van der Waals surface area contributed by atoms with Crippen molar-refractivity contribution in [2.24, 2.45) is 0 Å². The Morgan fingerprint density at radius 1 is 1.52 bits per heavy atom. The van der Waals surface area contributed by atoms with Gasteiger partial charge in [0.2, 0.25) is 11.8 Å². The van der Waals surface area contributed by atoms with Crippen molar-refractivity contribution in [2.75, 3.05) is 11.1 Å². The summed E-state index contributed by atoms with van der Waals surface area (Å²) in [7, 11) is 0. The third-order valence-corrected chi connectivity index (χ3v) is 6.14. The summed E-state index contributed by atoms with van der Waals surface area (Å²) in [5.41, 5.74) is 0.361. The number of anilines is 1. The summed E-state index contributed by atoms with van der Waals surface area (Å²) in [6.07, 6.45) is 4.12. The molecule has 2 amide bonds. The summed E-state index contributed by atoms with van der Waals surface area (Å²) in [5.74, 6) is 0.352. The highest BCUT2D eigenvalue weighted by Gasteiger charge is 2.52. The number of nitrogens with zero attached hydrogens (tertiary/aromatic N) is 2. The maximum absolute atomic E-state index is 12.5. The van der Waals surface area contributed by atoms with E-state index in [0.717, 1.165) is 6.42 Å². The number of carbonyl (C=O) groups is 2. The zero-order valence-corrected chi connectivity index (χ0v) is 13.6. The molecule has 2 fully saturated rings. The van der Waals surface area contributed by atoms with E-state index in [-0.39, 0.29) is 26.7 Å². The van der Waals surface area contributed by atoms with Crippen molar-refractivity contribution in [1.82, 2.24) is 9.88 Å². The zero-order chi connectivity index (χ0) is 15.2. The van der Waals surface area contributed by atoms with Crippen LogP contribution in [0.2, 0.25) is 10.0 Å². The van der Waals surface area contributed by atoms with Crippen molar-refractivity contribution in [2.45, 2.75) is 30.7 Å². The van der Waals surface area contributed by atoms with Crippen molar-refractivity contribution in [3.8, 4) is 0 Å². The van der Waals surface area contributed by atoms with E-state index in [4.69, 9.17) is 23.2 Å². The number of nitrogens with one attached hydrogen (secondary N) is 1. The fraction of sp³-hybridized carbons (Fsp3) is 0.462. The van der Waals surface area contributed by atoms with Crippen LogP contribution in [-0.4, -0.2) is 38.4 Å². The van der Waals surface area contributed by atoms with Crippen LogP contribution in [-0.2, 0) is 9.59 Å². The monoisotopic (exact) mass is 345 g/mol. The van der Waals surface area contributed by atoms with E-state index in [1.54, 1.807) is 16.7 Å². The highest BCUT2D eigenvalue weighted by atomic mass is 35.5. The van der Waals surface area contributed by atoms with Crippen LogP contribution in [0.3, 0.4) is 0 Å². The minimum absolute atomic E-state index is 0.0259. The van der Waals surface area contributed by atoms with E-state index >= 15 is 0 Å². The van der Waals surface area contributed by atoms with Crippen molar-refractivity contribution in [3.63, 3.8) is 0 Å². The summed E-state index contributed by atoms with van der Waals surface area (Å²) < 4.78 is 0. The number of pyridine rings is 1. The molecule has 0 aromatic carbocycles. The van der Waals surface area contributed by atoms with Gasteiger partial charge in [0.05, 0.1) is 26.8 Å². The number of thioether (sulfide) groups is 1. The first-order chi connectivity index (χ1) is 9.92. The molecule has 0 spiro atoms. The van der Waals surface area contributed by atoms with Crippen molar-refractivity contribution < 1.29 is 9.59 Å². The van der Waals surface area contributed by atoms with Gasteiger partial charge in [-0.15, -0.1) is 11.8 Å². The molecule has 2 aliphatic heterocycles. The lowest BCUT2D eigenvalue weighted by Gasteiger charge is -2.29. The molecule has 0 unspecified atom stereocenters. The van der Waals surface area contributed by atoms with Gasteiger partial charge in [-0.3, -0.25) is 14.6 Å². The van der Waals surface area contributed by atoms with Gasteiger partial charge in [-0.05, 0) is 13.3 Å². The molecule has 5 nitrogen and oxygen atoms in total. The highest BCUT2D eigenvalue weighted by molar-refractivity contribution is 8.01. The third kappa shape index (κ3) is 2.49. The number of fused-ring (bicyclic) bond motifs is 1. The third-order valence-electron chi connectivity index (χ3n) is 3.84. The second-order valence-electron chi connectivity index (χ2n) is 5.24. The Morgan fingerprint density at radius 3 is 3.05 bits per heavy atom. The molecule has 3 heterocycles. The van der Waals surface area contributed by atoms with Gasteiger partial charge in [0.1, 0.15) is 6.04 Å². The predicted octanol–water partition coefficient (Wildman–Crippen LogP) is 2.78. The molecule has 1 aromatic heterocycles. The van der Waals surface area contributed by atoms with E-state index in [9.17, 15) is 9.59 Å². The first-order valence-corrected chi connectivity index (χ1v) is 8.22. The van der Waals surface area contributed by atoms with Crippen LogP contribution < -0.4 is 5.32 Å². The molecule has 0 aliphatic carbocycles. The quantitative estimate of drug-likeness (QED) is 0.895. The van der Waals surface area contributed by atoms with Gasteiger partial charge in [0.25, 0.3) is 0 Å². The number of carbonyl (C=O) groups excluding carboxylic acids is 2. The molecule has 8 heteroatoms. The molecule has 1 aromatic rings. The zero-order valence-electron chi connectivity index (χ0n) is 11.2. The Kier molecular flexibility index (Phi) is 3.80. The second kappa shape index (κ2) is 5.34.